The van der Waals surface area contributed by atoms with Crippen LogP contribution in [0, 0.1) is 0 Å². The fourth-order valence-corrected chi connectivity index (χ4v) is 10.2. The number of rotatable bonds is 6. The minimum absolute atomic E-state index is 0.516. The summed E-state index contributed by atoms with van der Waals surface area (Å²) in [5.41, 5.74) is 11.0. The van der Waals surface area contributed by atoms with E-state index < -0.39 is 0 Å². The van der Waals surface area contributed by atoms with E-state index in [-0.39, 0.29) is 0 Å². The number of para-hydroxylation sites is 3. The Balaban J connectivity index is 1.02. The molecule has 13 aromatic rings. The predicted octanol–water partition coefficient (Wildman–Crippen LogP) is 14.4. The van der Waals surface area contributed by atoms with Crippen molar-refractivity contribution in [2.45, 2.75) is 0 Å². The Kier molecular flexibility index (Phi) is 7.94. The van der Waals surface area contributed by atoms with E-state index in [1.165, 1.54) is 10.1 Å². The lowest BCUT2D eigenvalue weighted by atomic mass is 10.0. The lowest BCUT2D eigenvalue weighted by Crippen LogP contribution is -2.00. The van der Waals surface area contributed by atoms with Gasteiger partial charge in [0.1, 0.15) is 11.2 Å². The van der Waals surface area contributed by atoms with Gasteiger partial charge in [0, 0.05) is 59.6 Å². The van der Waals surface area contributed by atoms with Gasteiger partial charge in [0.15, 0.2) is 23.3 Å². The van der Waals surface area contributed by atoms with Crippen molar-refractivity contribution in [1.29, 1.82) is 0 Å². The first-order chi connectivity index (χ1) is 31.2. The van der Waals surface area contributed by atoms with Crippen molar-refractivity contribution in [2.24, 2.45) is 0 Å². The molecular formula is C55H32N6OS. The molecule has 0 saturated heterocycles. The highest BCUT2D eigenvalue weighted by Crippen LogP contribution is 2.43. The van der Waals surface area contributed by atoms with Crippen LogP contribution >= 0.6 is 11.3 Å². The van der Waals surface area contributed by atoms with Gasteiger partial charge >= 0.3 is 0 Å². The van der Waals surface area contributed by atoms with Gasteiger partial charge in [-0.1, -0.05) is 152 Å². The minimum atomic E-state index is 0.516. The highest BCUT2D eigenvalue weighted by atomic mass is 32.1. The van der Waals surface area contributed by atoms with E-state index in [9.17, 15) is 0 Å². The Morgan fingerprint density at radius 3 is 1.86 bits per heavy atom. The average molecular weight is 825 g/mol. The molecule has 8 heteroatoms. The third kappa shape index (κ3) is 5.69. The average Bonchev–Trinajstić information content (AvgIpc) is 4.04. The molecule has 7 nitrogen and oxygen atoms in total. The van der Waals surface area contributed by atoms with Crippen molar-refractivity contribution >= 4 is 75.4 Å². The summed E-state index contributed by atoms with van der Waals surface area (Å²) in [5.74, 6) is 2.30. The van der Waals surface area contributed by atoms with Crippen LogP contribution in [-0.4, -0.2) is 29.5 Å². The fourth-order valence-electron chi connectivity index (χ4n) is 9.02. The molecule has 0 spiro atoms. The molecule has 8 aromatic carbocycles. The molecule has 63 heavy (non-hydrogen) atoms. The van der Waals surface area contributed by atoms with Crippen LogP contribution < -0.4 is 0 Å². The Hall–Kier alpha value is -8.33. The summed E-state index contributed by atoms with van der Waals surface area (Å²) < 4.78 is 11.4. The summed E-state index contributed by atoms with van der Waals surface area (Å²) in [5, 5.41) is 5.32. The zero-order valence-corrected chi connectivity index (χ0v) is 34.3. The maximum absolute atomic E-state index is 6.85. The number of hydrogen-bond acceptors (Lipinski definition) is 7. The van der Waals surface area contributed by atoms with Crippen molar-refractivity contribution in [3.63, 3.8) is 0 Å². The maximum atomic E-state index is 6.85. The molecule has 0 aliphatic carbocycles. The van der Waals surface area contributed by atoms with Crippen LogP contribution in [0.5, 0.6) is 0 Å². The smallest absolute Gasteiger partial charge is 0.167 e. The number of nitrogens with zero attached hydrogens (tertiary/aromatic N) is 6. The Morgan fingerprint density at radius 1 is 0.413 bits per heavy atom. The normalized spacial score (nSPS) is 11.8. The third-order valence-corrected chi connectivity index (χ3v) is 13.1. The molecule has 294 valence electrons. The van der Waals surface area contributed by atoms with Crippen molar-refractivity contribution < 1.29 is 4.42 Å². The van der Waals surface area contributed by atoms with E-state index >= 15 is 0 Å². The summed E-state index contributed by atoms with van der Waals surface area (Å²) in [7, 11) is 0. The summed E-state index contributed by atoms with van der Waals surface area (Å²) in [4.78, 5) is 26.2. The highest BCUT2D eigenvalue weighted by Gasteiger charge is 2.23. The van der Waals surface area contributed by atoms with Gasteiger partial charge in [0.25, 0.3) is 0 Å². The molecule has 0 atom stereocenters. The number of fused-ring (bicyclic) bond motifs is 9. The number of benzene rings is 8. The van der Waals surface area contributed by atoms with E-state index in [2.05, 4.69) is 132 Å². The second-order valence-electron chi connectivity index (χ2n) is 15.6. The minimum Gasteiger partial charge on any atom is -0.455 e. The van der Waals surface area contributed by atoms with Gasteiger partial charge < -0.3 is 8.98 Å². The third-order valence-electron chi connectivity index (χ3n) is 11.9. The highest BCUT2D eigenvalue weighted by molar-refractivity contribution is 7.26. The van der Waals surface area contributed by atoms with Crippen LogP contribution in [0.3, 0.4) is 0 Å². The SMILES string of the molecule is c1ccc(-c2nc(-c3ccc4c5ccccc5n(-c5ccccc5)c4c3)nc(-c3cccc4c3oc3cccc(-c5nc(-c6ccccc6)c6sc7ccccc7c6n5)c34)n2)cc1. The first kappa shape index (κ1) is 35.4. The van der Waals surface area contributed by atoms with Crippen molar-refractivity contribution in [3.8, 4) is 62.5 Å². The summed E-state index contributed by atoms with van der Waals surface area (Å²) in [6.07, 6.45) is 0. The molecular weight excluding hydrogens is 793 g/mol. The largest absolute Gasteiger partial charge is 0.455 e. The quantitative estimate of drug-likeness (QED) is 0.166. The van der Waals surface area contributed by atoms with Crippen LogP contribution in [0.1, 0.15) is 0 Å². The molecule has 0 saturated carbocycles. The first-order valence-corrected chi connectivity index (χ1v) is 21.7. The second-order valence-corrected chi connectivity index (χ2v) is 16.6. The summed E-state index contributed by atoms with van der Waals surface area (Å²) in [6, 6.07) is 66.7. The topological polar surface area (TPSA) is 82.5 Å². The summed E-state index contributed by atoms with van der Waals surface area (Å²) in [6.45, 7) is 0. The zero-order valence-electron chi connectivity index (χ0n) is 33.5. The lowest BCUT2D eigenvalue weighted by molar-refractivity contribution is 0.669. The van der Waals surface area contributed by atoms with Gasteiger partial charge in [-0.05, 0) is 42.5 Å². The van der Waals surface area contributed by atoms with Gasteiger partial charge in [-0.3, -0.25) is 0 Å². The van der Waals surface area contributed by atoms with Crippen LogP contribution in [-0.2, 0) is 0 Å². The number of hydrogen-bond donors (Lipinski definition) is 0. The van der Waals surface area contributed by atoms with Gasteiger partial charge in [-0.2, -0.15) is 0 Å². The maximum Gasteiger partial charge on any atom is 0.167 e. The summed E-state index contributed by atoms with van der Waals surface area (Å²) >= 11 is 1.73. The number of thiophene rings is 1. The van der Waals surface area contributed by atoms with Crippen LogP contribution in [0.15, 0.2) is 199 Å². The molecule has 13 rings (SSSR count). The molecule has 0 unspecified atom stereocenters. The van der Waals surface area contributed by atoms with Crippen molar-refractivity contribution in [1.82, 2.24) is 29.5 Å². The fraction of sp³-hybridized carbons (Fsp3) is 0. The zero-order chi connectivity index (χ0) is 41.4. The molecule has 0 N–H and O–H groups in total. The molecule has 0 amide bonds. The van der Waals surface area contributed by atoms with E-state index in [1.54, 1.807) is 11.3 Å². The second kappa shape index (κ2) is 14.1. The van der Waals surface area contributed by atoms with E-state index in [0.29, 0.717) is 28.9 Å². The first-order valence-electron chi connectivity index (χ1n) is 20.8. The Labute approximate surface area is 364 Å². The van der Waals surface area contributed by atoms with Crippen LogP contribution in [0.25, 0.3) is 127 Å². The van der Waals surface area contributed by atoms with E-state index in [0.717, 1.165) is 87.6 Å². The Morgan fingerprint density at radius 2 is 1.03 bits per heavy atom. The molecule has 5 heterocycles. The molecule has 0 fully saturated rings. The van der Waals surface area contributed by atoms with Crippen molar-refractivity contribution in [3.05, 3.63) is 194 Å². The van der Waals surface area contributed by atoms with Gasteiger partial charge in [0.2, 0.25) is 0 Å². The Bertz CT molecular complexity index is 3910. The monoisotopic (exact) mass is 824 g/mol. The number of aromatic nitrogens is 6. The molecule has 5 aromatic heterocycles. The molecule has 0 radical (unpaired) electrons. The van der Waals surface area contributed by atoms with Gasteiger partial charge in [-0.15, -0.1) is 11.3 Å². The predicted molar refractivity (Wildman–Crippen MR) is 257 cm³/mol. The van der Waals surface area contributed by atoms with Crippen LogP contribution in [0.4, 0.5) is 0 Å². The van der Waals surface area contributed by atoms with E-state index in [1.807, 2.05) is 66.7 Å². The van der Waals surface area contributed by atoms with Gasteiger partial charge in [-0.25, -0.2) is 24.9 Å². The lowest BCUT2D eigenvalue weighted by Gasteiger charge is -2.10. The molecule has 0 aliphatic rings. The van der Waals surface area contributed by atoms with E-state index in [4.69, 9.17) is 29.3 Å². The molecule has 0 aliphatic heterocycles. The van der Waals surface area contributed by atoms with Crippen molar-refractivity contribution in [2.75, 3.05) is 0 Å². The standard InChI is InChI=1S/C55H32N6OS/c1-4-16-33(17-5-1)48-51-49(39-23-11-13-29-46(39)63-51)57-54(56-48)41-25-15-28-45-47(41)40-24-14-26-42(50(40)62-45)55-59-52(34-18-6-2-7-19-34)58-53(60-55)35-30-31-38-37-22-10-12-27-43(37)61(44(38)32-35)36-20-8-3-9-21-36/h1-32H. The molecule has 0 bridgehead atoms. The number of furan rings is 1. The van der Waals surface area contributed by atoms with Gasteiger partial charge in [0.05, 0.1) is 32.5 Å². The van der Waals surface area contributed by atoms with Crippen LogP contribution in [0.2, 0.25) is 0 Å².